The van der Waals surface area contributed by atoms with Gasteiger partial charge in [0, 0.05) is 37.6 Å². The lowest BCUT2D eigenvalue weighted by atomic mass is 9.97. The third-order valence-electron chi connectivity index (χ3n) is 4.62. The molecule has 2 aliphatic heterocycles. The van der Waals surface area contributed by atoms with Crippen molar-refractivity contribution in [3.05, 3.63) is 30.1 Å². The molecule has 108 valence electrons. The molecule has 4 nitrogen and oxygen atoms in total. The highest BCUT2D eigenvalue weighted by Gasteiger charge is 2.37. The maximum absolute atomic E-state index is 12.2. The van der Waals surface area contributed by atoms with Gasteiger partial charge in [-0.05, 0) is 37.9 Å². The van der Waals surface area contributed by atoms with E-state index in [9.17, 15) is 4.79 Å². The molecule has 1 aromatic rings. The number of amides is 1. The van der Waals surface area contributed by atoms with Gasteiger partial charge in [-0.2, -0.15) is 0 Å². The van der Waals surface area contributed by atoms with Crippen LogP contribution in [0.1, 0.15) is 31.7 Å². The standard InChI is InChI=1S/C16H23N3O/c1-13-5-2-3-8-19(13)15-11-18(12-15)16(20)9-14-6-4-7-17-10-14/h4,6-7,10,13,15H,2-3,5,8-9,11-12H2,1H3. The van der Waals surface area contributed by atoms with Gasteiger partial charge in [-0.1, -0.05) is 12.5 Å². The average molecular weight is 273 g/mol. The Hall–Kier alpha value is -1.42. The molecule has 0 aliphatic carbocycles. The Labute approximate surface area is 120 Å². The van der Waals surface area contributed by atoms with Gasteiger partial charge in [-0.3, -0.25) is 14.7 Å². The Bertz CT molecular complexity index is 456. The van der Waals surface area contributed by atoms with Crippen LogP contribution < -0.4 is 0 Å². The second kappa shape index (κ2) is 5.92. The van der Waals surface area contributed by atoms with Gasteiger partial charge in [0.05, 0.1) is 6.42 Å². The summed E-state index contributed by atoms with van der Waals surface area (Å²) in [5.74, 6) is 0.235. The largest absolute Gasteiger partial charge is 0.339 e. The third kappa shape index (κ3) is 2.85. The van der Waals surface area contributed by atoms with Gasteiger partial charge < -0.3 is 4.90 Å². The summed E-state index contributed by atoms with van der Waals surface area (Å²) in [7, 11) is 0. The maximum Gasteiger partial charge on any atom is 0.227 e. The first kappa shape index (κ1) is 13.6. The summed E-state index contributed by atoms with van der Waals surface area (Å²) >= 11 is 0. The number of rotatable bonds is 3. The molecular weight excluding hydrogens is 250 g/mol. The molecule has 0 aromatic carbocycles. The van der Waals surface area contributed by atoms with Crippen molar-refractivity contribution in [1.29, 1.82) is 0 Å². The predicted molar refractivity (Wildman–Crippen MR) is 78.3 cm³/mol. The molecule has 0 radical (unpaired) electrons. The first-order chi connectivity index (χ1) is 9.74. The molecule has 1 atom stereocenters. The van der Waals surface area contributed by atoms with E-state index in [4.69, 9.17) is 0 Å². The van der Waals surface area contributed by atoms with E-state index in [1.54, 1.807) is 12.4 Å². The van der Waals surface area contributed by atoms with Gasteiger partial charge in [0.2, 0.25) is 5.91 Å². The van der Waals surface area contributed by atoms with Gasteiger partial charge in [-0.15, -0.1) is 0 Å². The number of nitrogens with zero attached hydrogens (tertiary/aromatic N) is 3. The zero-order valence-corrected chi connectivity index (χ0v) is 12.2. The normalized spacial score (nSPS) is 24.4. The highest BCUT2D eigenvalue weighted by molar-refractivity contribution is 5.79. The highest BCUT2D eigenvalue weighted by Crippen LogP contribution is 2.24. The van der Waals surface area contributed by atoms with Gasteiger partial charge in [0.15, 0.2) is 0 Å². The van der Waals surface area contributed by atoms with Crippen LogP contribution in [0.3, 0.4) is 0 Å². The van der Waals surface area contributed by atoms with Crippen molar-refractivity contribution < 1.29 is 4.79 Å². The topological polar surface area (TPSA) is 36.4 Å². The van der Waals surface area contributed by atoms with Crippen molar-refractivity contribution in [3.8, 4) is 0 Å². The van der Waals surface area contributed by atoms with Crippen LogP contribution in [0.2, 0.25) is 0 Å². The molecule has 3 heterocycles. The summed E-state index contributed by atoms with van der Waals surface area (Å²) in [6.45, 7) is 5.34. The van der Waals surface area contributed by atoms with Crippen LogP contribution in [-0.2, 0) is 11.2 Å². The Morgan fingerprint density at radius 2 is 2.25 bits per heavy atom. The van der Waals surface area contributed by atoms with Crippen LogP contribution in [0.25, 0.3) is 0 Å². The Kier molecular flexibility index (Phi) is 4.01. The summed E-state index contributed by atoms with van der Waals surface area (Å²) in [6.07, 6.45) is 7.97. The van der Waals surface area contributed by atoms with E-state index in [2.05, 4.69) is 16.8 Å². The van der Waals surface area contributed by atoms with Crippen molar-refractivity contribution in [1.82, 2.24) is 14.8 Å². The summed E-state index contributed by atoms with van der Waals surface area (Å²) in [5.41, 5.74) is 1.01. The first-order valence-electron chi connectivity index (χ1n) is 7.66. The minimum Gasteiger partial charge on any atom is -0.339 e. The van der Waals surface area contributed by atoms with Crippen molar-refractivity contribution in [3.63, 3.8) is 0 Å². The summed E-state index contributed by atoms with van der Waals surface area (Å²) in [6, 6.07) is 5.12. The quantitative estimate of drug-likeness (QED) is 0.841. The zero-order valence-electron chi connectivity index (χ0n) is 12.2. The zero-order chi connectivity index (χ0) is 13.9. The average Bonchev–Trinajstić information content (AvgIpc) is 2.40. The molecule has 2 saturated heterocycles. The lowest BCUT2D eigenvalue weighted by Gasteiger charge is -2.49. The number of aromatic nitrogens is 1. The van der Waals surface area contributed by atoms with E-state index in [0.29, 0.717) is 18.5 Å². The Balaban J connectivity index is 1.49. The molecule has 4 heteroatoms. The van der Waals surface area contributed by atoms with E-state index in [0.717, 1.165) is 18.7 Å². The molecular formula is C16H23N3O. The second-order valence-electron chi connectivity index (χ2n) is 6.07. The summed E-state index contributed by atoms with van der Waals surface area (Å²) in [4.78, 5) is 20.8. The molecule has 1 amide bonds. The van der Waals surface area contributed by atoms with Gasteiger partial charge >= 0.3 is 0 Å². The van der Waals surface area contributed by atoms with Crippen molar-refractivity contribution in [2.24, 2.45) is 0 Å². The minimum absolute atomic E-state index is 0.235. The van der Waals surface area contributed by atoms with Crippen LogP contribution >= 0.6 is 0 Å². The Morgan fingerprint density at radius 3 is 2.95 bits per heavy atom. The van der Waals surface area contributed by atoms with Gasteiger partial charge in [-0.25, -0.2) is 0 Å². The molecule has 2 aliphatic rings. The van der Waals surface area contributed by atoms with Gasteiger partial charge in [0.1, 0.15) is 0 Å². The van der Waals surface area contributed by atoms with Crippen LogP contribution in [-0.4, -0.2) is 52.4 Å². The fourth-order valence-corrected chi connectivity index (χ4v) is 3.32. The monoisotopic (exact) mass is 273 g/mol. The van der Waals surface area contributed by atoms with E-state index < -0.39 is 0 Å². The fourth-order valence-electron chi connectivity index (χ4n) is 3.32. The number of carbonyl (C=O) groups excluding carboxylic acids is 1. The molecule has 0 N–H and O–H groups in total. The van der Waals surface area contributed by atoms with Gasteiger partial charge in [0.25, 0.3) is 0 Å². The predicted octanol–water partition coefficient (Wildman–Crippen LogP) is 1.71. The lowest BCUT2D eigenvalue weighted by Crippen LogP contribution is -2.63. The van der Waals surface area contributed by atoms with Crippen molar-refractivity contribution in [2.75, 3.05) is 19.6 Å². The van der Waals surface area contributed by atoms with Crippen molar-refractivity contribution in [2.45, 2.75) is 44.7 Å². The molecule has 20 heavy (non-hydrogen) atoms. The summed E-state index contributed by atoms with van der Waals surface area (Å²) in [5, 5.41) is 0. The van der Waals surface area contributed by atoms with Crippen LogP contribution in [0, 0.1) is 0 Å². The van der Waals surface area contributed by atoms with E-state index in [1.165, 1.54) is 25.8 Å². The number of likely N-dealkylation sites (tertiary alicyclic amines) is 2. The number of pyridine rings is 1. The minimum atomic E-state index is 0.235. The molecule has 0 saturated carbocycles. The number of piperidine rings is 1. The van der Waals surface area contributed by atoms with Crippen LogP contribution in [0.15, 0.2) is 24.5 Å². The number of hydrogen-bond donors (Lipinski definition) is 0. The van der Waals surface area contributed by atoms with Crippen LogP contribution in [0.4, 0.5) is 0 Å². The highest BCUT2D eigenvalue weighted by atomic mass is 16.2. The third-order valence-corrected chi connectivity index (χ3v) is 4.62. The van der Waals surface area contributed by atoms with Crippen LogP contribution in [0.5, 0.6) is 0 Å². The van der Waals surface area contributed by atoms with E-state index in [-0.39, 0.29) is 5.91 Å². The van der Waals surface area contributed by atoms with E-state index >= 15 is 0 Å². The SMILES string of the molecule is CC1CCCCN1C1CN(C(=O)Cc2cccnc2)C1. The molecule has 3 rings (SSSR count). The Morgan fingerprint density at radius 1 is 1.40 bits per heavy atom. The number of hydrogen-bond acceptors (Lipinski definition) is 3. The molecule has 0 bridgehead atoms. The fraction of sp³-hybridized carbons (Fsp3) is 0.625. The molecule has 2 fully saturated rings. The number of carbonyl (C=O) groups is 1. The maximum atomic E-state index is 12.2. The first-order valence-corrected chi connectivity index (χ1v) is 7.66. The molecule has 1 unspecified atom stereocenters. The second-order valence-corrected chi connectivity index (χ2v) is 6.07. The molecule has 0 spiro atoms. The summed E-state index contributed by atoms with van der Waals surface area (Å²) < 4.78 is 0. The van der Waals surface area contributed by atoms with Crippen molar-refractivity contribution >= 4 is 5.91 Å². The smallest absolute Gasteiger partial charge is 0.227 e. The molecule has 1 aromatic heterocycles. The lowest BCUT2D eigenvalue weighted by molar-refractivity contribution is -0.139. The van der Waals surface area contributed by atoms with E-state index in [1.807, 2.05) is 17.0 Å².